The van der Waals surface area contributed by atoms with E-state index in [1.54, 1.807) is 0 Å². The lowest BCUT2D eigenvalue weighted by atomic mass is 10.1. The number of benzene rings is 1. The maximum absolute atomic E-state index is 5.80. The Labute approximate surface area is 125 Å². The van der Waals surface area contributed by atoms with Crippen LogP contribution in [-0.2, 0) is 6.54 Å². The second kappa shape index (κ2) is 5.31. The Balaban J connectivity index is 1.64. The monoisotopic (exact) mass is 288 g/mol. The van der Waals surface area contributed by atoms with Gasteiger partial charge in [0.1, 0.15) is 5.52 Å². The molecule has 1 aliphatic rings. The topological polar surface area (TPSA) is 58.5 Å². The van der Waals surface area contributed by atoms with Gasteiger partial charge in [0, 0.05) is 37.4 Å². The van der Waals surface area contributed by atoms with Crippen LogP contribution in [0.5, 0.6) is 0 Å². The second-order valence-electron chi connectivity index (χ2n) is 6.77. The fourth-order valence-electron chi connectivity index (χ4n) is 2.83. The fraction of sp³-hybridized carbons (Fsp3) is 0.562. The predicted octanol–water partition coefficient (Wildman–Crippen LogP) is 2.33. The summed E-state index contributed by atoms with van der Waals surface area (Å²) < 4.78 is 5.80. The Morgan fingerprint density at radius 1 is 1.19 bits per heavy atom. The van der Waals surface area contributed by atoms with E-state index in [1.165, 1.54) is 0 Å². The third-order valence-corrected chi connectivity index (χ3v) is 4.14. The van der Waals surface area contributed by atoms with Crippen LogP contribution in [0.15, 0.2) is 22.6 Å². The third-order valence-electron chi connectivity index (χ3n) is 4.14. The summed E-state index contributed by atoms with van der Waals surface area (Å²) in [5.41, 5.74) is 8.41. The molecule has 0 unspecified atom stereocenters. The number of hydrogen-bond donors (Lipinski definition) is 1. The maximum Gasteiger partial charge on any atom is 0.209 e. The molecule has 114 valence electrons. The first kappa shape index (κ1) is 14.4. The van der Waals surface area contributed by atoms with E-state index in [-0.39, 0.29) is 5.54 Å². The number of aromatic nitrogens is 1. The average Bonchev–Trinajstić information content (AvgIpc) is 2.79. The van der Waals surface area contributed by atoms with E-state index in [0.717, 1.165) is 55.4 Å². The van der Waals surface area contributed by atoms with Gasteiger partial charge in [-0.3, -0.25) is 9.80 Å². The average molecular weight is 288 g/mol. The van der Waals surface area contributed by atoms with Crippen LogP contribution >= 0.6 is 0 Å². The van der Waals surface area contributed by atoms with Gasteiger partial charge in [0.15, 0.2) is 5.58 Å². The number of hydrogen-bond acceptors (Lipinski definition) is 5. The number of nitrogens with zero attached hydrogens (tertiary/aromatic N) is 3. The molecule has 3 rings (SSSR count). The maximum atomic E-state index is 5.80. The standard InChI is InChI=1S/C16H24N4O/c1-16(2,3)20-8-6-19(7-9-20)11-15-18-13-10-12(17)4-5-14(13)21-15/h4-5,10H,6-9,11,17H2,1-3H3. The van der Waals surface area contributed by atoms with Gasteiger partial charge in [-0.05, 0) is 39.0 Å². The largest absolute Gasteiger partial charge is 0.439 e. The number of nitrogens with two attached hydrogens (primary N) is 1. The summed E-state index contributed by atoms with van der Waals surface area (Å²) in [5.74, 6) is 0.778. The van der Waals surface area contributed by atoms with Crippen molar-refractivity contribution in [2.45, 2.75) is 32.9 Å². The zero-order valence-electron chi connectivity index (χ0n) is 13.1. The lowest BCUT2D eigenvalue weighted by Crippen LogP contribution is -2.53. The Hall–Kier alpha value is -1.59. The summed E-state index contributed by atoms with van der Waals surface area (Å²) >= 11 is 0. The third kappa shape index (κ3) is 3.19. The molecule has 1 saturated heterocycles. The molecule has 1 aliphatic heterocycles. The highest BCUT2D eigenvalue weighted by Gasteiger charge is 2.26. The van der Waals surface area contributed by atoms with Crippen molar-refractivity contribution < 1.29 is 4.42 Å². The van der Waals surface area contributed by atoms with E-state index < -0.39 is 0 Å². The summed E-state index contributed by atoms with van der Waals surface area (Å²) in [7, 11) is 0. The first-order chi connectivity index (χ1) is 9.91. The van der Waals surface area contributed by atoms with E-state index in [0.29, 0.717) is 0 Å². The fourth-order valence-corrected chi connectivity index (χ4v) is 2.83. The van der Waals surface area contributed by atoms with Crippen LogP contribution in [0.4, 0.5) is 5.69 Å². The van der Waals surface area contributed by atoms with Gasteiger partial charge >= 0.3 is 0 Å². The number of oxazole rings is 1. The molecule has 5 heteroatoms. The Kier molecular flexibility index (Phi) is 3.63. The van der Waals surface area contributed by atoms with Crippen molar-refractivity contribution >= 4 is 16.8 Å². The van der Waals surface area contributed by atoms with Crippen LogP contribution < -0.4 is 5.73 Å². The molecule has 0 spiro atoms. The number of piperazine rings is 1. The molecule has 2 heterocycles. The molecular formula is C16H24N4O. The molecule has 2 N–H and O–H groups in total. The summed E-state index contributed by atoms with van der Waals surface area (Å²) in [6.07, 6.45) is 0. The van der Waals surface area contributed by atoms with Crippen LogP contribution in [0.1, 0.15) is 26.7 Å². The van der Waals surface area contributed by atoms with Crippen molar-refractivity contribution in [2.24, 2.45) is 0 Å². The molecule has 1 aromatic carbocycles. The van der Waals surface area contributed by atoms with Crippen LogP contribution in [0.2, 0.25) is 0 Å². The van der Waals surface area contributed by atoms with E-state index in [2.05, 4.69) is 35.6 Å². The van der Waals surface area contributed by atoms with Crippen molar-refractivity contribution in [3.63, 3.8) is 0 Å². The van der Waals surface area contributed by atoms with Crippen molar-refractivity contribution in [3.8, 4) is 0 Å². The molecule has 0 bridgehead atoms. The Morgan fingerprint density at radius 2 is 1.90 bits per heavy atom. The summed E-state index contributed by atoms with van der Waals surface area (Å²) in [4.78, 5) is 9.46. The Bertz CT molecular complexity index is 621. The molecule has 2 aromatic rings. The van der Waals surface area contributed by atoms with Gasteiger partial charge in [-0.25, -0.2) is 4.98 Å². The molecule has 5 nitrogen and oxygen atoms in total. The van der Waals surface area contributed by atoms with Gasteiger partial charge in [0.2, 0.25) is 5.89 Å². The summed E-state index contributed by atoms with van der Waals surface area (Å²) in [5, 5.41) is 0. The van der Waals surface area contributed by atoms with Gasteiger partial charge in [0.05, 0.1) is 6.54 Å². The minimum atomic E-state index is 0.251. The smallest absolute Gasteiger partial charge is 0.209 e. The van der Waals surface area contributed by atoms with Crippen molar-refractivity contribution in [1.29, 1.82) is 0 Å². The summed E-state index contributed by atoms with van der Waals surface area (Å²) in [6, 6.07) is 5.60. The molecule has 0 atom stereocenters. The van der Waals surface area contributed by atoms with E-state index in [1.807, 2.05) is 18.2 Å². The zero-order valence-corrected chi connectivity index (χ0v) is 13.1. The highest BCUT2D eigenvalue weighted by atomic mass is 16.3. The first-order valence-corrected chi connectivity index (χ1v) is 7.54. The number of anilines is 1. The first-order valence-electron chi connectivity index (χ1n) is 7.54. The van der Waals surface area contributed by atoms with Crippen molar-refractivity contribution in [1.82, 2.24) is 14.8 Å². The lowest BCUT2D eigenvalue weighted by molar-refractivity contribution is 0.0557. The molecule has 1 fully saturated rings. The lowest BCUT2D eigenvalue weighted by Gasteiger charge is -2.41. The number of nitrogen functional groups attached to an aromatic ring is 1. The van der Waals surface area contributed by atoms with Gasteiger partial charge in [-0.2, -0.15) is 0 Å². The molecule has 0 aliphatic carbocycles. The van der Waals surface area contributed by atoms with Crippen molar-refractivity contribution in [2.75, 3.05) is 31.9 Å². The van der Waals surface area contributed by atoms with Crippen molar-refractivity contribution in [3.05, 3.63) is 24.1 Å². The minimum Gasteiger partial charge on any atom is -0.439 e. The van der Waals surface area contributed by atoms with E-state index in [9.17, 15) is 0 Å². The number of fused-ring (bicyclic) bond motifs is 1. The minimum absolute atomic E-state index is 0.251. The van der Waals surface area contributed by atoms with Gasteiger partial charge < -0.3 is 10.2 Å². The molecule has 0 radical (unpaired) electrons. The molecule has 0 amide bonds. The molecule has 21 heavy (non-hydrogen) atoms. The highest BCUT2D eigenvalue weighted by Crippen LogP contribution is 2.21. The van der Waals surface area contributed by atoms with E-state index in [4.69, 9.17) is 10.2 Å². The SMILES string of the molecule is CC(C)(C)N1CCN(Cc2nc3cc(N)ccc3o2)CC1. The zero-order chi connectivity index (χ0) is 15.0. The van der Waals surface area contributed by atoms with Crippen LogP contribution in [0, 0.1) is 0 Å². The van der Waals surface area contributed by atoms with Crippen LogP contribution in [0.25, 0.3) is 11.1 Å². The Morgan fingerprint density at radius 3 is 2.57 bits per heavy atom. The van der Waals surface area contributed by atoms with Crippen LogP contribution in [-0.4, -0.2) is 46.5 Å². The highest BCUT2D eigenvalue weighted by molar-refractivity contribution is 5.76. The quantitative estimate of drug-likeness (QED) is 0.859. The molecule has 1 aromatic heterocycles. The van der Waals surface area contributed by atoms with Gasteiger partial charge in [0.25, 0.3) is 0 Å². The molecule has 0 saturated carbocycles. The normalized spacial score (nSPS) is 18.4. The predicted molar refractivity (Wildman–Crippen MR) is 85.0 cm³/mol. The summed E-state index contributed by atoms with van der Waals surface area (Å²) in [6.45, 7) is 11.9. The van der Waals surface area contributed by atoms with E-state index >= 15 is 0 Å². The van der Waals surface area contributed by atoms with Crippen LogP contribution in [0.3, 0.4) is 0 Å². The number of rotatable bonds is 2. The molecular weight excluding hydrogens is 264 g/mol. The van der Waals surface area contributed by atoms with Gasteiger partial charge in [-0.1, -0.05) is 0 Å². The second-order valence-corrected chi connectivity index (χ2v) is 6.77. The van der Waals surface area contributed by atoms with Gasteiger partial charge in [-0.15, -0.1) is 0 Å².